The molecule has 0 aliphatic rings. The van der Waals surface area contributed by atoms with Crippen LogP contribution in [0.5, 0.6) is 0 Å². The Balaban J connectivity index is 2.56. The zero-order valence-electron chi connectivity index (χ0n) is 10.1. The Bertz CT molecular complexity index is 653. The molecule has 0 aliphatic carbocycles. The third-order valence-electron chi connectivity index (χ3n) is 2.84. The maximum absolute atomic E-state index is 13.4. The van der Waals surface area contributed by atoms with Crippen LogP contribution in [-0.4, -0.2) is 10.7 Å². The lowest BCUT2D eigenvalue weighted by Gasteiger charge is -2.06. The maximum atomic E-state index is 13.4. The molecule has 0 aromatic heterocycles. The molecule has 0 saturated carbocycles. The lowest BCUT2D eigenvalue weighted by molar-refractivity contribution is -0.388. The van der Waals surface area contributed by atoms with Crippen molar-refractivity contribution in [1.82, 2.24) is 0 Å². The van der Waals surface area contributed by atoms with E-state index in [9.17, 15) is 19.3 Å². The number of hydrogen-bond acceptors (Lipinski definition) is 3. The van der Waals surface area contributed by atoms with Crippen LogP contribution in [-0.2, 0) is 0 Å². The standard InChI is InChI=1S/C14H10FNO3/c1-9-11(7-8-12(15)13(9)16(18)19)14(17)10-5-3-2-4-6-10/h2-8H,1H3. The van der Waals surface area contributed by atoms with E-state index in [1.807, 2.05) is 0 Å². The Kier molecular flexibility index (Phi) is 3.37. The van der Waals surface area contributed by atoms with Gasteiger partial charge in [0.2, 0.25) is 5.82 Å². The van der Waals surface area contributed by atoms with E-state index in [1.54, 1.807) is 30.3 Å². The van der Waals surface area contributed by atoms with Crippen LogP contribution in [0, 0.1) is 22.9 Å². The number of halogens is 1. The first-order chi connectivity index (χ1) is 9.02. The van der Waals surface area contributed by atoms with E-state index >= 15 is 0 Å². The largest absolute Gasteiger partial charge is 0.308 e. The molecule has 0 bridgehead atoms. The summed E-state index contributed by atoms with van der Waals surface area (Å²) in [7, 11) is 0. The maximum Gasteiger partial charge on any atom is 0.308 e. The van der Waals surface area contributed by atoms with Gasteiger partial charge in [-0.15, -0.1) is 0 Å². The first-order valence-corrected chi connectivity index (χ1v) is 5.55. The minimum Gasteiger partial charge on any atom is -0.289 e. The fourth-order valence-corrected chi connectivity index (χ4v) is 1.88. The SMILES string of the molecule is Cc1c(C(=O)c2ccccc2)ccc(F)c1[N+](=O)[O-]. The zero-order valence-corrected chi connectivity index (χ0v) is 10.1. The summed E-state index contributed by atoms with van der Waals surface area (Å²) < 4.78 is 13.4. The second kappa shape index (κ2) is 4.97. The van der Waals surface area contributed by atoms with Gasteiger partial charge in [-0.3, -0.25) is 14.9 Å². The Labute approximate surface area is 108 Å². The van der Waals surface area contributed by atoms with Crippen LogP contribution >= 0.6 is 0 Å². The van der Waals surface area contributed by atoms with Crippen LogP contribution in [0.15, 0.2) is 42.5 Å². The molecule has 2 rings (SSSR count). The van der Waals surface area contributed by atoms with Gasteiger partial charge in [-0.05, 0) is 19.1 Å². The Morgan fingerprint density at radius 2 is 1.79 bits per heavy atom. The first kappa shape index (κ1) is 12.9. The van der Waals surface area contributed by atoms with Crippen LogP contribution in [0.2, 0.25) is 0 Å². The molecule has 0 amide bonds. The molecule has 0 fully saturated rings. The second-order valence-electron chi connectivity index (χ2n) is 4.02. The summed E-state index contributed by atoms with van der Waals surface area (Å²) in [5, 5.41) is 10.8. The van der Waals surface area contributed by atoms with Gasteiger partial charge in [0.1, 0.15) is 0 Å². The van der Waals surface area contributed by atoms with Crippen molar-refractivity contribution in [2.75, 3.05) is 0 Å². The van der Waals surface area contributed by atoms with Crippen molar-refractivity contribution in [3.63, 3.8) is 0 Å². The van der Waals surface area contributed by atoms with Gasteiger partial charge in [0.25, 0.3) is 0 Å². The number of nitro groups is 1. The summed E-state index contributed by atoms with van der Waals surface area (Å²) in [6.07, 6.45) is 0. The van der Waals surface area contributed by atoms with Crippen LogP contribution in [0.4, 0.5) is 10.1 Å². The summed E-state index contributed by atoms with van der Waals surface area (Å²) in [6, 6.07) is 10.6. The molecule has 19 heavy (non-hydrogen) atoms. The van der Waals surface area contributed by atoms with Crippen LogP contribution in [0.25, 0.3) is 0 Å². The Hall–Kier alpha value is -2.56. The summed E-state index contributed by atoms with van der Waals surface area (Å²) in [4.78, 5) is 22.2. The average Bonchev–Trinajstić information content (AvgIpc) is 2.39. The molecule has 0 heterocycles. The topological polar surface area (TPSA) is 60.2 Å². The highest BCUT2D eigenvalue weighted by Gasteiger charge is 2.23. The highest BCUT2D eigenvalue weighted by atomic mass is 19.1. The summed E-state index contributed by atoms with van der Waals surface area (Å²) >= 11 is 0. The summed E-state index contributed by atoms with van der Waals surface area (Å²) in [5.41, 5.74) is -0.0635. The van der Waals surface area contributed by atoms with Gasteiger partial charge in [-0.25, -0.2) is 0 Å². The van der Waals surface area contributed by atoms with E-state index in [2.05, 4.69) is 0 Å². The van der Waals surface area contributed by atoms with Crippen molar-refractivity contribution in [3.05, 3.63) is 75.1 Å². The van der Waals surface area contributed by atoms with E-state index in [0.717, 1.165) is 6.07 Å². The van der Waals surface area contributed by atoms with Crippen molar-refractivity contribution in [2.45, 2.75) is 6.92 Å². The second-order valence-corrected chi connectivity index (χ2v) is 4.02. The predicted octanol–water partition coefficient (Wildman–Crippen LogP) is 3.27. The van der Waals surface area contributed by atoms with Gasteiger partial charge < -0.3 is 0 Å². The molecule has 0 unspecified atom stereocenters. The Morgan fingerprint density at radius 3 is 2.37 bits per heavy atom. The quantitative estimate of drug-likeness (QED) is 0.483. The van der Waals surface area contributed by atoms with Crippen LogP contribution < -0.4 is 0 Å². The highest BCUT2D eigenvalue weighted by molar-refractivity contribution is 6.10. The lowest BCUT2D eigenvalue weighted by Crippen LogP contribution is -2.07. The van der Waals surface area contributed by atoms with Gasteiger partial charge in [0.05, 0.1) is 4.92 Å². The average molecular weight is 259 g/mol. The fraction of sp³-hybridized carbons (Fsp3) is 0.0714. The lowest BCUT2D eigenvalue weighted by atomic mass is 9.98. The first-order valence-electron chi connectivity index (χ1n) is 5.55. The van der Waals surface area contributed by atoms with Gasteiger partial charge >= 0.3 is 5.69 Å². The number of benzene rings is 2. The smallest absolute Gasteiger partial charge is 0.289 e. The predicted molar refractivity (Wildman–Crippen MR) is 67.7 cm³/mol. The third kappa shape index (κ3) is 2.35. The molecule has 5 heteroatoms. The molecule has 96 valence electrons. The highest BCUT2D eigenvalue weighted by Crippen LogP contribution is 2.26. The monoisotopic (exact) mass is 259 g/mol. The normalized spacial score (nSPS) is 10.2. The minimum atomic E-state index is -0.938. The molecule has 0 spiro atoms. The molecular formula is C14H10FNO3. The van der Waals surface area contributed by atoms with Crippen molar-refractivity contribution >= 4 is 11.5 Å². The fourth-order valence-electron chi connectivity index (χ4n) is 1.88. The number of carbonyl (C=O) groups is 1. The third-order valence-corrected chi connectivity index (χ3v) is 2.84. The van der Waals surface area contributed by atoms with Gasteiger partial charge in [-0.1, -0.05) is 30.3 Å². The molecule has 0 atom stereocenters. The van der Waals surface area contributed by atoms with Gasteiger partial charge in [0, 0.05) is 16.7 Å². The van der Waals surface area contributed by atoms with Crippen molar-refractivity contribution < 1.29 is 14.1 Å². The van der Waals surface area contributed by atoms with Gasteiger partial charge in [0.15, 0.2) is 5.78 Å². The van der Waals surface area contributed by atoms with Crippen LogP contribution in [0.3, 0.4) is 0 Å². The molecule has 0 N–H and O–H groups in total. The number of nitro benzene ring substituents is 1. The number of carbonyl (C=O) groups excluding carboxylic acids is 1. The number of ketones is 1. The van der Waals surface area contributed by atoms with E-state index in [1.165, 1.54) is 13.0 Å². The minimum absolute atomic E-state index is 0.0406. The van der Waals surface area contributed by atoms with E-state index in [4.69, 9.17) is 0 Å². The number of rotatable bonds is 3. The Morgan fingerprint density at radius 1 is 1.16 bits per heavy atom. The van der Waals surface area contributed by atoms with Gasteiger partial charge in [-0.2, -0.15) is 4.39 Å². The molecule has 4 nitrogen and oxygen atoms in total. The van der Waals surface area contributed by atoms with E-state index < -0.39 is 16.4 Å². The van der Waals surface area contributed by atoms with E-state index in [-0.39, 0.29) is 16.9 Å². The summed E-state index contributed by atoms with van der Waals surface area (Å²) in [6.45, 7) is 1.37. The molecular weight excluding hydrogens is 249 g/mol. The summed E-state index contributed by atoms with van der Waals surface area (Å²) in [5.74, 6) is -1.30. The zero-order chi connectivity index (χ0) is 14.0. The van der Waals surface area contributed by atoms with Crippen molar-refractivity contribution in [1.29, 1.82) is 0 Å². The molecule has 0 radical (unpaired) electrons. The number of hydrogen-bond donors (Lipinski definition) is 0. The molecule has 2 aromatic rings. The molecule has 0 saturated heterocycles. The number of nitrogens with zero attached hydrogens (tertiary/aromatic N) is 1. The van der Waals surface area contributed by atoms with Crippen LogP contribution in [0.1, 0.15) is 21.5 Å². The van der Waals surface area contributed by atoms with Crippen molar-refractivity contribution in [2.24, 2.45) is 0 Å². The van der Waals surface area contributed by atoms with E-state index in [0.29, 0.717) is 5.56 Å². The molecule has 0 aliphatic heterocycles. The van der Waals surface area contributed by atoms with Crippen molar-refractivity contribution in [3.8, 4) is 0 Å². The molecule has 2 aromatic carbocycles.